The summed E-state index contributed by atoms with van der Waals surface area (Å²) in [5.41, 5.74) is 3.51. The summed E-state index contributed by atoms with van der Waals surface area (Å²) in [6.07, 6.45) is 0. The minimum Gasteiger partial charge on any atom is -0.460 e. The first-order valence-electron chi connectivity index (χ1n) is 8.04. The van der Waals surface area contributed by atoms with Crippen LogP contribution in [-0.2, 0) is 0 Å². The molecule has 4 aromatic rings. The number of hydrogen-bond acceptors (Lipinski definition) is 5. The van der Waals surface area contributed by atoms with Crippen LogP contribution in [0.15, 0.2) is 52.3 Å². The molecule has 26 heavy (non-hydrogen) atoms. The molecule has 6 nitrogen and oxygen atoms in total. The summed E-state index contributed by atoms with van der Waals surface area (Å²) in [7, 11) is 0. The van der Waals surface area contributed by atoms with Crippen LogP contribution in [0.25, 0.3) is 22.7 Å². The molecule has 3 aromatic heterocycles. The number of carbonyl (C=O) groups excluding carboxylic acids is 1. The highest BCUT2D eigenvalue weighted by molar-refractivity contribution is 7.09. The second-order valence-corrected chi connectivity index (χ2v) is 6.93. The average molecular weight is 364 g/mol. The Morgan fingerprint density at radius 2 is 2.08 bits per heavy atom. The van der Waals surface area contributed by atoms with Crippen LogP contribution in [0.3, 0.4) is 0 Å². The number of rotatable bonds is 4. The Kier molecular flexibility index (Phi) is 4.14. The standard InChI is InChI=1S/C19H16N4O2S/c1-11-6-7-18(25-11)15-9-16(23-22-15)19(24)21-14-5-3-4-13(8-14)17-10-26-12(2)20-17/h3-10H,1-2H3,(H,21,24)(H,22,23). The van der Waals surface area contributed by atoms with Gasteiger partial charge in [-0.05, 0) is 38.1 Å². The average Bonchev–Trinajstić information content (AvgIpc) is 3.35. The molecule has 1 amide bonds. The van der Waals surface area contributed by atoms with E-state index in [-0.39, 0.29) is 5.91 Å². The summed E-state index contributed by atoms with van der Waals surface area (Å²) in [6.45, 7) is 3.83. The number of aromatic nitrogens is 3. The Morgan fingerprint density at radius 3 is 2.81 bits per heavy atom. The van der Waals surface area contributed by atoms with Crippen LogP contribution in [0.1, 0.15) is 21.3 Å². The van der Waals surface area contributed by atoms with E-state index >= 15 is 0 Å². The number of H-pyrrole nitrogens is 1. The lowest BCUT2D eigenvalue weighted by atomic mass is 10.1. The molecule has 0 unspecified atom stereocenters. The van der Waals surface area contributed by atoms with E-state index in [1.165, 1.54) is 0 Å². The summed E-state index contributed by atoms with van der Waals surface area (Å²) < 4.78 is 5.54. The molecule has 0 saturated carbocycles. The fourth-order valence-corrected chi connectivity index (χ4v) is 3.21. The molecule has 0 fully saturated rings. The maximum atomic E-state index is 12.5. The number of amides is 1. The molecule has 4 rings (SSSR count). The lowest BCUT2D eigenvalue weighted by Crippen LogP contribution is -2.12. The van der Waals surface area contributed by atoms with Crippen molar-refractivity contribution in [1.82, 2.24) is 15.2 Å². The van der Waals surface area contributed by atoms with Gasteiger partial charge >= 0.3 is 0 Å². The molecule has 0 atom stereocenters. The quantitative estimate of drug-likeness (QED) is 0.551. The van der Waals surface area contributed by atoms with Crippen molar-refractivity contribution in [3.8, 4) is 22.7 Å². The molecule has 3 heterocycles. The number of nitrogens with one attached hydrogen (secondary N) is 2. The van der Waals surface area contributed by atoms with Gasteiger partial charge in [0, 0.05) is 22.7 Å². The smallest absolute Gasteiger partial charge is 0.276 e. The SMILES string of the molecule is Cc1ccc(-c2cc(C(=O)Nc3cccc(-c4csc(C)n4)c3)n[nH]2)o1. The van der Waals surface area contributed by atoms with Crippen molar-refractivity contribution in [3.05, 3.63) is 64.3 Å². The Balaban J connectivity index is 1.52. The molecule has 0 spiro atoms. The summed E-state index contributed by atoms with van der Waals surface area (Å²) in [4.78, 5) is 17.0. The molecule has 130 valence electrons. The van der Waals surface area contributed by atoms with E-state index in [1.807, 2.05) is 55.6 Å². The molecule has 0 radical (unpaired) electrons. The van der Waals surface area contributed by atoms with Crippen LogP contribution in [0.4, 0.5) is 5.69 Å². The molecule has 1 aromatic carbocycles. The first kappa shape index (κ1) is 16.3. The number of anilines is 1. The monoisotopic (exact) mass is 364 g/mol. The first-order valence-corrected chi connectivity index (χ1v) is 8.92. The second-order valence-electron chi connectivity index (χ2n) is 5.86. The lowest BCUT2D eigenvalue weighted by molar-refractivity contribution is 0.102. The van der Waals surface area contributed by atoms with Crippen molar-refractivity contribution in [3.63, 3.8) is 0 Å². The van der Waals surface area contributed by atoms with E-state index in [1.54, 1.807) is 17.4 Å². The number of furan rings is 1. The highest BCUT2D eigenvalue weighted by Gasteiger charge is 2.14. The number of carbonyl (C=O) groups is 1. The summed E-state index contributed by atoms with van der Waals surface area (Å²) in [5, 5.41) is 12.8. The Morgan fingerprint density at radius 1 is 1.19 bits per heavy atom. The van der Waals surface area contributed by atoms with E-state index in [4.69, 9.17) is 4.42 Å². The van der Waals surface area contributed by atoms with Gasteiger partial charge in [0.2, 0.25) is 0 Å². The molecular formula is C19H16N4O2S. The van der Waals surface area contributed by atoms with E-state index in [0.29, 0.717) is 22.8 Å². The van der Waals surface area contributed by atoms with Crippen LogP contribution in [0, 0.1) is 13.8 Å². The summed E-state index contributed by atoms with van der Waals surface area (Å²) >= 11 is 1.60. The zero-order valence-corrected chi connectivity index (χ0v) is 15.1. The van der Waals surface area contributed by atoms with Crippen molar-refractivity contribution in [2.24, 2.45) is 0 Å². The highest BCUT2D eigenvalue weighted by Crippen LogP contribution is 2.25. The fourth-order valence-electron chi connectivity index (χ4n) is 2.59. The zero-order valence-electron chi connectivity index (χ0n) is 14.2. The number of nitrogens with zero attached hydrogens (tertiary/aromatic N) is 2. The van der Waals surface area contributed by atoms with Gasteiger partial charge in [-0.15, -0.1) is 11.3 Å². The predicted octanol–water partition coefficient (Wildman–Crippen LogP) is 4.66. The minimum atomic E-state index is -0.289. The number of thiazole rings is 1. The largest absolute Gasteiger partial charge is 0.460 e. The Hall–Kier alpha value is -3.19. The fraction of sp³-hybridized carbons (Fsp3) is 0.105. The van der Waals surface area contributed by atoms with E-state index < -0.39 is 0 Å². The number of aryl methyl sites for hydroxylation is 2. The first-order chi connectivity index (χ1) is 12.6. The van der Waals surface area contributed by atoms with Crippen LogP contribution < -0.4 is 5.32 Å². The molecule has 0 bridgehead atoms. The molecule has 0 aliphatic rings. The Labute approximate surface area is 153 Å². The topological polar surface area (TPSA) is 83.8 Å². The lowest BCUT2D eigenvalue weighted by Gasteiger charge is -2.05. The van der Waals surface area contributed by atoms with Crippen LogP contribution in [0.2, 0.25) is 0 Å². The molecule has 0 aliphatic heterocycles. The second kappa shape index (κ2) is 6.61. The third kappa shape index (κ3) is 3.29. The van der Waals surface area contributed by atoms with E-state index in [0.717, 1.165) is 22.0 Å². The summed E-state index contributed by atoms with van der Waals surface area (Å²) in [5.74, 6) is 1.16. The molecule has 0 aliphatic carbocycles. The van der Waals surface area contributed by atoms with Crippen LogP contribution >= 0.6 is 11.3 Å². The maximum Gasteiger partial charge on any atom is 0.276 e. The molecule has 7 heteroatoms. The predicted molar refractivity (Wildman–Crippen MR) is 101 cm³/mol. The number of aromatic amines is 1. The van der Waals surface area contributed by atoms with E-state index in [9.17, 15) is 4.79 Å². The maximum absolute atomic E-state index is 12.5. The minimum absolute atomic E-state index is 0.289. The summed E-state index contributed by atoms with van der Waals surface area (Å²) in [6, 6.07) is 13.0. The van der Waals surface area contributed by atoms with Crippen LogP contribution in [-0.4, -0.2) is 21.1 Å². The Bertz CT molecular complexity index is 1080. The van der Waals surface area contributed by atoms with Gasteiger partial charge in [0.15, 0.2) is 11.5 Å². The van der Waals surface area contributed by atoms with Gasteiger partial charge in [-0.3, -0.25) is 9.89 Å². The van der Waals surface area contributed by atoms with Gasteiger partial charge in [-0.25, -0.2) is 4.98 Å². The van der Waals surface area contributed by atoms with E-state index in [2.05, 4.69) is 20.5 Å². The molecular weight excluding hydrogens is 348 g/mol. The van der Waals surface area contributed by atoms with Gasteiger partial charge in [-0.1, -0.05) is 12.1 Å². The molecule has 2 N–H and O–H groups in total. The normalized spacial score (nSPS) is 10.8. The van der Waals surface area contributed by atoms with Crippen molar-refractivity contribution in [2.45, 2.75) is 13.8 Å². The van der Waals surface area contributed by atoms with Crippen molar-refractivity contribution in [2.75, 3.05) is 5.32 Å². The third-order valence-electron chi connectivity index (χ3n) is 3.85. The van der Waals surface area contributed by atoms with Crippen molar-refractivity contribution < 1.29 is 9.21 Å². The van der Waals surface area contributed by atoms with Gasteiger partial charge < -0.3 is 9.73 Å². The highest BCUT2D eigenvalue weighted by atomic mass is 32.1. The van der Waals surface area contributed by atoms with Crippen molar-refractivity contribution >= 4 is 22.9 Å². The molecule has 0 saturated heterocycles. The number of benzene rings is 1. The zero-order chi connectivity index (χ0) is 18.1. The van der Waals surface area contributed by atoms with Crippen molar-refractivity contribution in [1.29, 1.82) is 0 Å². The van der Waals surface area contributed by atoms with Gasteiger partial charge in [-0.2, -0.15) is 5.10 Å². The van der Waals surface area contributed by atoms with Gasteiger partial charge in [0.1, 0.15) is 11.5 Å². The van der Waals surface area contributed by atoms with Gasteiger partial charge in [0.25, 0.3) is 5.91 Å². The van der Waals surface area contributed by atoms with Gasteiger partial charge in [0.05, 0.1) is 10.7 Å². The third-order valence-corrected chi connectivity index (χ3v) is 4.63. The number of hydrogen-bond donors (Lipinski definition) is 2. The van der Waals surface area contributed by atoms with Crippen LogP contribution in [0.5, 0.6) is 0 Å².